The van der Waals surface area contributed by atoms with Gasteiger partial charge in [-0.1, -0.05) is 76.6 Å². The van der Waals surface area contributed by atoms with E-state index >= 15 is 0 Å². The van der Waals surface area contributed by atoms with Crippen molar-refractivity contribution in [3.05, 3.63) is 107 Å². The molecule has 0 unspecified atom stereocenters. The van der Waals surface area contributed by atoms with Gasteiger partial charge in [0.15, 0.2) is 11.6 Å². The fourth-order valence-electron chi connectivity index (χ4n) is 4.53. The number of hydrogen-bond donors (Lipinski definition) is 2. The Labute approximate surface area is 212 Å². The number of benzene rings is 3. The van der Waals surface area contributed by atoms with Crippen molar-refractivity contribution in [2.45, 2.75) is 6.04 Å². The molecule has 3 aromatic carbocycles. The van der Waals surface area contributed by atoms with E-state index in [0.29, 0.717) is 27.5 Å². The van der Waals surface area contributed by atoms with E-state index in [2.05, 4.69) is 89.5 Å². The highest BCUT2D eigenvalue weighted by Crippen LogP contribution is 2.33. The van der Waals surface area contributed by atoms with Gasteiger partial charge in [-0.25, -0.2) is 14.4 Å². The number of halogens is 2. The fourth-order valence-corrected chi connectivity index (χ4v) is 4.87. The first-order chi connectivity index (χ1) is 17.1. The van der Waals surface area contributed by atoms with E-state index in [9.17, 15) is 4.39 Å². The van der Waals surface area contributed by atoms with Gasteiger partial charge in [0.1, 0.15) is 17.8 Å². The standard InChI is InChI=1S/C27H26BrFN6/c28-21-11-12-23(22(29)17-21)33-26-24(30)27(32-18-31-26)35-15-13-34(14-16-35)25(19-7-3-1-4-8-19)20-9-5-2-6-10-20/h1-12,17-18,25H,13-16,30H2,(H,31,32,33). The molecule has 0 aliphatic carbocycles. The van der Waals surface area contributed by atoms with Gasteiger partial charge in [0.25, 0.3) is 0 Å². The molecule has 2 heterocycles. The molecular weight excluding hydrogens is 507 g/mol. The summed E-state index contributed by atoms with van der Waals surface area (Å²) in [6.07, 6.45) is 1.47. The van der Waals surface area contributed by atoms with Gasteiger partial charge >= 0.3 is 0 Å². The molecule has 8 heteroatoms. The van der Waals surface area contributed by atoms with Crippen LogP contribution < -0.4 is 16.0 Å². The van der Waals surface area contributed by atoms with Gasteiger partial charge in [-0.3, -0.25) is 4.90 Å². The summed E-state index contributed by atoms with van der Waals surface area (Å²) in [5, 5.41) is 3.01. The van der Waals surface area contributed by atoms with Gasteiger partial charge in [0.05, 0.1) is 11.7 Å². The largest absolute Gasteiger partial charge is 0.393 e. The number of rotatable bonds is 6. The molecule has 3 N–H and O–H groups in total. The van der Waals surface area contributed by atoms with Crippen molar-refractivity contribution in [1.29, 1.82) is 0 Å². The number of nitrogens with two attached hydrogens (primary N) is 1. The zero-order valence-corrected chi connectivity index (χ0v) is 20.7. The summed E-state index contributed by atoms with van der Waals surface area (Å²) in [6.45, 7) is 3.23. The fraction of sp³-hybridized carbons (Fsp3) is 0.185. The SMILES string of the molecule is Nc1c(Nc2ccc(Br)cc2F)ncnc1N1CCN(C(c2ccccc2)c2ccccc2)CC1. The maximum Gasteiger partial charge on any atom is 0.159 e. The van der Waals surface area contributed by atoms with E-state index in [-0.39, 0.29) is 11.9 Å². The number of aromatic nitrogens is 2. The van der Waals surface area contributed by atoms with Crippen molar-refractivity contribution in [2.24, 2.45) is 0 Å². The van der Waals surface area contributed by atoms with Crippen LogP contribution in [0, 0.1) is 5.82 Å². The third-order valence-corrected chi connectivity index (χ3v) is 6.75. The van der Waals surface area contributed by atoms with Crippen LogP contribution in [-0.4, -0.2) is 41.0 Å². The van der Waals surface area contributed by atoms with E-state index in [1.54, 1.807) is 12.1 Å². The van der Waals surface area contributed by atoms with Crippen molar-refractivity contribution < 1.29 is 4.39 Å². The van der Waals surface area contributed by atoms with Crippen LogP contribution in [0.2, 0.25) is 0 Å². The quantitative estimate of drug-likeness (QED) is 0.336. The Morgan fingerprint density at radius 3 is 2.09 bits per heavy atom. The summed E-state index contributed by atoms with van der Waals surface area (Å²) in [6, 6.07) is 26.2. The molecule has 0 spiro atoms. The number of anilines is 4. The van der Waals surface area contributed by atoms with Gasteiger partial charge in [0.2, 0.25) is 0 Å². The molecule has 5 rings (SSSR count). The lowest BCUT2D eigenvalue weighted by Gasteiger charge is -2.40. The van der Waals surface area contributed by atoms with Crippen LogP contribution in [0.25, 0.3) is 0 Å². The average Bonchev–Trinajstić information content (AvgIpc) is 2.89. The Kier molecular flexibility index (Phi) is 6.92. The lowest BCUT2D eigenvalue weighted by molar-refractivity contribution is 0.212. The van der Waals surface area contributed by atoms with Crippen LogP contribution in [0.1, 0.15) is 17.2 Å². The minimum atomic E-state index is -0.389. The van der Waals surface area contributed by atoms with E-state index in [4.69, 9.17) is 5.73 Å². The molecule has 35 heavy (non-hydrogen) atoms. The minimum absolute atomic E-state index is 0.180. The molecule has 4 aromatic rings. The Hall–Kier alpha value is -3.49. The first-order valence-electron chi connectivity index (χ1n) is 11.5. The number of nitrogen functional groups attached to an aromatic ring is 1. The third-order valence-electron chi connectivity index (χ3n) is 6.26. The van der Waals surface area contributed by atoms with Gasteiger partial charge in [0, 0.05) is 30.7 Å². The molecule has 0 saturated carbocycles. The molecular formula is C27H26BrFN6. The molecule has 0 amide bonds. The summed E-state index contributed by atoms with van der Waals surface area (Å²) < 4.78 is 15.0. The molecule has 178 valence electrons. The molecule has 1 aliphatic rings. The smallest absolute Gasteiger partial charge is 0.159 e. The van der Waals surface area contributed by atoms with Gasteiger partial charge in [-0.2, -0.15) is 0 Å². The van der Waals surface area contributed by atoms with Crippen molar-refractivity contribution in [2.75, 3.05) is 42.1 Å². The van der Waals surface area contributed by atoms with Crippen LogP contribution >= 0.6 is 15.9 Å². The van der Waals surface area contributed by atoms with E-state index in [0.717, 1.165) is 26.2 Å². The number of piperazine rings is 1. The molecule has 0 radical (unpaired) electrons. The highest BCUT2D eigenvalue weighted by Gasteiger charge is 2.28. The van der Waals surface area contributed by atoms with Crippen molar-refractivity contribution in [3.8, 4) is 0 Å². The highest BCUT2D eigenvalue weighted by atomic mass is 79.9. The van der Waals surface area contributed by atoms with Gasteiger partial charge in [-0.05, 0) is 29.3 Å². The maximum absolute atomic E-state index is 14.3. The molecule has 1 aromatic heterocycles. The number of nitrogens with one attached hydrogen (secondary N) is 1. The molecule has 1 fully saturated rings. The van der Waals surface area contributed by atoms with Crippen LogP contribution in [0.5, 0.6) is 0 Å². The first-order valence-corrected chi connectivity index (χ1v) is 12.3. The van der Waals surface area contributed by atoms with Crippen LogP contribution in [0.15, 0.2) is 89.7 Å². The zero-order chi connectivity index (χ0) is 24.2. The average molecular weight is 533 g/mol. The number of nitrogens with zero attached hydrogens (tertiary/aromatic N) is 4. The summed E-state index contributed by atoms with van der Waals surface area (Å²) in [4.78, 5) is 13.4. The maximum atomic E-state index is 14.3. The van der Waals surface area contributed by atoms with Crippen LogP contribution in [0.4, 0.5) is 27.4 Å². The van der Waals surface area contributed by atoms with Crippen molar-refractivity contribution >= 4 is 38.9 Å². The second kappa shape index (κ2) is 10.4. The van der Waals surface area contributed by atoms with Gasteiger partial charge < -0.3 is 16.0 Å². The highest BCUT2D eigenvalue weighted by molar-refractivity contribution is 9.10. The Morgan fingerprint density at radius 2 is 1.49 bits per heavy atom. The van der Waals surface area contributed by atoms with Crippen molar-refractivity contribution in [3.63, 3.8) is 0 Å². The van der Waals surface area contributed by atoms with Crippen LogP contribution in [0.3, 0.4) is 0 Å². The van der Waals surface area contributed by atoms with E-state index in [1.165, 1.54) is 23.5 Å². The summed E-state index contributed by atoms with van der Waals surface area (Å²) in [5.74, 6) is 0.668. The lowest BCUT2D eigenvalue weighted by Crippen LogP contribution is -2.48. The third kappa shape index (κ3) is 5.13. The van der Waals surface area contributed by atoms with Crippen molar-refractivity contribution in [1.82, 2.24) is 14.9 Å². The topological polar surface area (TPSA) is 70.3 Å². The zero-order valence-electron chi connectivity index (χ0n) is 19.1. The minimum Gasteiger partial charge on any atom is -0.393 e. The lowest BCUT2D eigenvalue weighted by atomic mass is 9.96. The van der Waals surface area contributed by atoms with Gasteiger partial charge in [-0.15, -0.1) is 0 Å². The Bertz CT molecular complexity index is 1240. The summed E-state index contributed by atoms with van der Waals surface area (Å²) >= 11 is 3.28. The predicted octanol–water partition coefficient (Wildman–Crippen LogP) is 5.62. The molecule has 1 saturated heterocycles. The summed E-state index contributed by atoms with van der Waals surface area (Å²) in [7, 11) is 0. The van der Waals surface area contributed by atoms with E-state index in [1.807, 2.05) is 12.1 Å². The molecule has 1 aliphatic heterocycles. The Morgan fingerprint density at radius 1 is 0.857 bits per heavy atom. The molecule has 0 atom stereocenters. The number of hydrogen-bond acceptors (Lipinski definition) is 6. The monoisotopic (exact) mass is 532 g/mol. The van der Waals surface area contributed by atoms with Crippen LogP contribution in [-0.2, 0) is 0 Å². The molecule has 0 bridgehead atoms. The second-order valence-electron chi connectivity index (χ2n) is 8.46. The second-order valence-corrected chi connectivity index (χ2v) is 9.37. The Balaban J connectivity index is 1.34. The first kappa shape index (κ1) is 23.3. The summed E-state index contributed by atoms with van der Waals surface area (Å²) in [5.41, 5.74) is 9.71. The normalized spacial score (nSPS) is 14.3. The molecule has 6 nitrogen and oxygen atoms in total. The predicted molar refractivity (Wildman–Crippen MR) is 142 cm³/mol. The van der Waals surface area contributed by atoms with E-state index < -0.39 is 0 Å².